The van der Waals surface area contributed by atoms with E-state index in [-0.39, 0.29) is 5.95 Å². The maximum Gasteiger partial charge on any atom is 0.222 e. The van der Waals surface area contributed by atoms with E-state index in [1.165, 1.54) is 0 Å². The molecule has 1 rings (SSSR count). The summed E-state index contributed by atoms with van der Waals surface area (Å²) < 4.78 is 0.710. The summed E-state index contributed by atoms with van der Waals surface area (Å²) >= 11 is 3.21. The molecule has 4 N–H and O–H groups in total. The molecule has 0 fully saturated rings. The summed E-state index contributed by atoms with van der Waals surface area (Å²) in [6, 6.07) is 0. The molecule has 0 spiro atoms. The van der Waals surface area contributed by atoms with Gasteiger partial charge >= 0.3 is 0 Å². The fourth-order valence-corrected chi connectivity index (χ4v) is 0.781. The fraction of sp³-hybridized carbons (Fsp3) is 0.200. The number of anilines is 2. The quantitative estimate of drug-likeness (QED) is 0.650. The minimum absolute atomic E-state index is 0.207. The molecule has 0 unspecified atom stereocenters. The summed E-state index contributed by atoms with van der Waals surface area (Å²) in [5, 5.41) is 0. The number of hydrogen-bond acceptors (Lipinski definition) is 4. The Morgan fingerprint density at radius 1 is 1.30 bits per heavy atom. The van der Waals surface area contributed by atoms with Crippen molar-refractivity contribution in [3.05, 3.63) is 10.2 Å². The van der Waals surface area contributed by atoms with Crippen molar-refractivity contribution in [2.45, 2.75) is 6.92 Å². The molecule has 0 aliphatic rings. The third kappa shape index (κ3) is 1.18. The second-order valence-electron chi connectivity index (χ2n) is 1.87. The monoisotopic (exact) mass is 202 g/mol. The van der Waals surface area contributed by atoms with Crippen molar-refractivity contribution in [1.82, 2.24) is 9.97 Å². The maximum atomic E-state index is 5.44. The topological polar surface area (TPSA) is 77.8 Å². The highest BCUT2D eigenvalue weighted by Crippen LogP contribution is 2.19. The van der Waals surface area contributed by atoms with Gasteiger partial charge in [0.2, 0.25) is 5.95 Å². The fourth-order valence-electron chi connectivity index (χ4n) is 0.604. The van der Waals surface area contributed by atoms with Crippen molar-refractivity contribution in [2.24, 2.45) is 0 Å². The predicted molar refractivity (Wildman–Crippen MR) is 43.3 cm³/mol. The lowest BCUT2D eigenvalue weighted by Crippen LogP contribution is -2.02. The van der Waals surface area contributed by atoms with E-state index in [1.807, 2.05) is 0 Å². The van der Waals surface area contributed by atoms with E-state index in [0.717, 1.165) is 5.69 Å². The molecule has 4 nitrogen and oxygen atoms in total. The Morgan fingerprint density at radius 2 is 1.90 bits per heavy atom. The van der Waals surface area contributed by atoms with Crippen molar-refractivity contribution < 1.29 is 0 Å². The highest BCUT2D eigenvalue weighted by Gasteiger charge is 2.02. The van der Waals surface area contributed by atoms with E-state index >= 15 is 0 Å². The highest BCUT2D eigenvalue weighted by molar-refractivity contribution is 9.10. The van der Waals surface area contributed by atoms with Crippen molar-refractivity contribution in [1.29, 1.82) is 0 Å². The minimum atomic E-state index is 0.207. The summed E-state index contributed by atoms with van der Waals surface area (Å²) in [4.78, 5) is 7.61. The lowest BCUT2D eigenvalue weighted by Gasteiger charge is -2.00. The number of halogens is 1. The zero-order valence-electron chi connectivity index (χ0n) is 5.43. The van der Waals surface area contributed by atoms with Gasteiger partial charge in [-0.15, -0.1) is 0 Å². The van der Waals surface area contributed by atoms with E-state index in [9.17, 15) is 0 Å². The third-order valence-electron chi connectivity index (χ3n) is 1.06. The molecular weight excluding hydrogens is 196 g/mol. The summed E-state index contributed by atoms with van der Waals surface area (Å²) in [6.07, 6.45) is 0. The van der Waals surface area contributed by atoms with Gasteiger partial charge in [-0.25, -0.2) is 4.98 Å². The first-order valence-electron chi connectivity index (χ1n) is 2.66. The van der Waals surface area contributed by atoms with Gasteiger partial charge in [-0.05, 0) is 22.9 Å². The van der Waals surface area contributed by atoms with E-state index in [2.05, 4.69) is 25.9 Å². The van der Waals surface area contributed by atoms with Crippen LogP contribution in [-0.4, -0.2) is 9.97 Å². The number of nitrogens with two attached hydrogens (primary N) is 2. The van der Waals surface area contributed by atoms with E-state index in [4.69, 9.17) is 11.5 Å². The van der Waals surface area contributed by atoms with Crippen LogP contribution in [-0.2, 0) is 0 Å². The van der Waals surface area contributed by atoms with Crippen LogP contribution in [0.2, 0.25) is 0 Å². The highest BCUT2D eigenvalue weighted by atomic mass is 79.9. The van der Waals surface area contributed by atoms with E-state index < -0.39 is 0 Å². The maximum absolute atomic E-state index is 5.44. The molecule has 0 saturated heterocycles. The van der Waals surface area contributed by atoms with Gasteiger partial charge in [0.15, 0.2) is 0 Å². The lowest BCUT2D eigenvalue weighted by atomic mass is 10.4. The van der Waals surface area contributed by atoms with E-state index in [1.54, 1.807) is 6.92 Å². The summed E-state index contributed by atoms with van der Waals surface area (Å²) in [6.45, 7) is 1.80. The molecular formula is C5H7BrN4. The number of rotatable bonds is 0. The largest absolute Gasteiger partial charge is 0.383 e. The molecule has 0 aliphatic carbocycles. The molecule has 0 atom stereocenters. The Morgan fingerprint density at radius 3 is 2.40 bits per heavy atom. The average Bonchev–Trinajstić information content (AvgIpc) is 1.82. The predicted octanol–water partition coefficient (Wildman–Crippen LogP) is 0.712. The molecule has 0 bridgehead atoms. The number of hydrogen-bond donors (Lipinski definition) is 2. The zero-order chi connectivity index (χ0) is 7.72. The molecule has 1 aromatic heterocycles. The number of nitrogen functional groups attached to an aromatic ring is 2. The molecule has 0 aliphatic heterocycles. The van der Waals surface area contributed by atoms with Gasteiger partial charge in [0.25, 0.3) is 0 Å². The van der Waals surface area contributed by atoms with Crippen LogP contribution in [0, 0.1) is 6.92 Å². The summed E-state index contributed by atoms with van der Waals surface area (Å²) in [5.41, 5.74) is 11.5. The number of aromatic nitrogens is 2. The van der Waals surface area contributed by atoms with Gasteiger partial charge in [0.05, 0.1) is 10.2 Å². The Balaban J connectivity index is 3.31. The van der Waals surface area contributed by atoms with Crippen LogP contribution < -0.4 is 11.5 Å². The van der Waals surface area contributed by atoms with Crippen LogP contribution in [0.3, 0.4) is 0 Å². The second-order valence-corrected chi connectivity index (χ2v) is 2.66. The lowest BCUT2D eigenvalue weighted by molar-refractivity contribution is 1.11. The third-order valence-corrected chi connectivity index (χ3v) is 2.04. The van der Waals surface area contributed by atoms with Crippen LogP contribution in [0.1, 0.15) is 5.69 Å². The minimum Gasteiger partial charge on any atom is -0.383 e. The molecule has 0 amide bonds. The number of aryl methyl sites for hydroxylation is 1. The molecule has 10 heavy (non-hydrogen) atoms. The van der Waals surface area contributed by atoms with Gasteiger partial charge in [0.1, 0.15) is 5.82 Å². The zero-order valence-corrected chi connectivity index (χ0v) is 7.01. The first-order valence-corrected chi connectivity index (χ1v) is 3.45. The van der Waals surface area contributed by atoms with Crippen LogP contribution >= 0.6 is 15.9 Å². The molecule has 5 heteroatoms. The van der Waals surface area contributed by atoms with Crippen LogP contribution in [0.25, 0.3) is 0 Å². The molecule has 1 heterocycles. The van der Waals surface area contributed by atoms with E-state index in [0.29, 0.717) is 10.3 Å². The number of nitrogens with zero attached hydrogens (tertiary/aromatic N) is 2. The SMILES string of the molecule is Cc1nc(N)nc(N)c1Br. The summed E-state index contributed by atoms with van der Waals surface area (Å²) in [5.74, 6) is 0.586. The van der Waals surface area contributed by atoms with Gasteiger partial charge in [-0.2, -0.15) is 4.98 Å². The smallest absolute Gasteiger partial charge is 0.222 e. The summed E-state index contributed by atoms with van der Waals surface area (Å²) in [7, 11) is 0. The van der Waals surface area contributed by atoms with Crippen molar-refractivity contribution in [2.75, 3.05) is 11.5 Å². The Bertz CT molecular complexity index is 237. The first kappa shape index (κ1) is 7.27. The second kappa shape index (κ2) is 2.42. The van der Waals surface area contributed by atoms with Crippen molar-refractivity contribution in [3.8, 4) is 0 Å². The van der Waals surface area contributed by atoms with Gasteiger partial charge < -0.3 is 11.5 Å². The molecule has 1 aromatic rings. The van der Waals surface area contributed by atoms with Gasteiger partial charge in [-0.3, -0.25) is 0 Å². The van der Waals surface area contributed by atoms with Gasteiger partial charge in [-0.1, -0.05) is 0 Å². The first-order chi connectivity index (χ1) is 4.61. The molecule has 0 aromatic carbocycles. The Kier molecular flexibility index (Phi) is 1.76. The molecule has 0 radical (unpaired) electrons. The Labute approximate surface area is 66.8 Å². The van der Waals surface area contributed by atoms with Crippen LogP contribution in [0.4, 0.5) is 11.8 Å². The van der Waals surface area contributed by atoms with Crippen molar-refractivity contribution in [3.63, 3.8) is 0 Å². The van der Waals surface area contributed by atoms with Crippen molar-refractivity contribution >= 4 is 27.7 Å². The average molecular weight is 203 g/mol. The van der Waals surface area contributed by atoms with Crippen LogP contribution in [0.5, 0.6) is 0 Å². The molecule has 0 saturated carbocycles. The van der Waals surface area contributed by atoms with Crippen LogP contribution in [0.15, 0.2) is 4.47 Å². The normalized spacial score (nSPS) is 9.80. The molecule has 54 valence electrons. The Hall–Kier alpha value is -0.840. The van der Waals surface area contributed by atoms with Gasteiger partial charge in [0, 0.05) is 0 Å². The standard InChI is InChI=1S/C5H7BrN4/c1-2-3(6)4(7)10-5(8)9-2/h1H3,(H4,7,8,9,10).